The van der Waals surface area contributed by atoms with Crippen LogP contribution in [0.3, 0.4) is 0 Å². The van der Waals surface area contributed by atoms with Gasteiger partial charge < -0.3 is 61.8 Å². The Hall–Kier alpha value is 1.40. The van der Waals surface area contributed by atoms with Gasteiger partial charge in [-0.1, -0.05) is 0 Å². The third kappa shape index (κ3) is 155. The number of rotatable bonds is 0. The average Bonchev–Trinajstić information content (AvgIpc) is 0. The minimum Gasteiger partial charge on any atom is -1.00 e. The molecule has 0 rings (SSSR count). The van der Waals surface area contributed by atoms with Crippen LogP contribution in [-0.2, 0) is 21.1 Å². The molecule has 0 spiro atoms. The molecule has 0 aromatic carbocycles. The predicted molar refractivity (Wildman–Crippen MR) is 20.1 cm³/mol. The van der Waals surface area contributed by atoms with Gasteiger partial charge in [0.25, 0.3) is 0 Å². The number of hydrogen-bond donors (Lipinski definition) is 4. The van der Waals surface area contributed by atoms with E-state index in [9.17, 15) is 0 Å². The Morgan fingerprint density at radius 2 is 0.375 bits per heavy atom. The summed E-state index contributed by atoms with van der Waals surface area (Å²) in [6.45, 7) is 0. The molecule has 0 bridgehead atoms. The summed E-state index contributed by atoms with van der Waals surface area (Å²) < 4.78 is 0. The van der Waals surface area contributed by atoms with E-state index in [1.165, 1.54) is 0 Å². The Morgan fingerprint density at radius 1 is 0.375 bits per heavy atom. The molecule has 63 valence electrons. The van der Waals surface area contributed by atoms with Crippen LogP contribution in [0.4, 0.5) is 0 Å². The van der Waals surface area contributed by atoms with Gasteiger partial charge in [0.1, 0.15) is 0 Å². The summed E-state index contributed by atoms with van der Waals surface area (Å²) >= 11 is 0. The first-order valence-electron chi connectivity index (χ1n) is 0. The molecule has 0 aromatic rings. The van der Waals surface area contributed by atoms with Crippen LogP contribution < -0.4 is 61.8 Å². The summed E-state index contributed by atoms with van der Waals surface area (Å²) in [5, 5.41) is 0. The van der Waals surface area contributed by atoms with Crippen molar-refractivity contribution < 1.29 is 58.3 Å². The second-order valence-electron chi connectivity index (χ2n) is 0. The van der Waals surface area contributed by atoms with Crippen LogP contribution in [0.5, 0.6) is 0 Å². The first-order valence-corrected chi connectivity index (χ1v) is 0. The largest absolute Gasteiger partial charge is 3.00 e. The monoisotopic (exact) mass is 368 g/mol. The van der Waals surface area contributed by atoms with E-state index >= 15 is 0 Å². The van der Waals surface area contributed by atoms with Crippen LogP contribution in [0.25, 0.3) is 0 Å². The van der Waals surface area contributed by atoms with Gasteiger partial charge in [0.15, 0.2) is 0 Å². The molecule has 0 aromatic heterocycles. The van der Waals surface area contributed by atoms with Gasteiger partial charge in [-0.3, -0.25) is 0 Å². The molecule has 0 fully saturated rings. The Balaban J connectivity index is 0. The zero-order chi connectivity index (χ0) is 0. The van der Waals surface area contributed by atoms with Gasteiger partial charge in [0.2, 0.25) is 0 Å². The molecule has 8 heteroatoms. The van der Waals surface area contributed by atoms with E-state index < -0.39 is 0 Å². The van der Waals surface area contributed by atoms with Gasteiger partial charge in [-0.25, -0.2) is 0 Å². The summed E-state index contributed by atoms with van der Waals surface area (Å²) in [6.07, 6.45) is 0. The van der Waals surface area contributed by atoms with Crippen molar-refractivity contribution >= 4 is 0 Å². The second kappa shape index (κ2) is 235. The molecule has 0 heterocycles. The molecule has 0 amide bonds. The third-order valence-electron chi connectivity index (χ3n) is 0. The molecule has 12 N–H and O–H groups in total. The maximum atomic E-state index is 0. The average molecular weight is 370 g/mol. The van der Waals surface area contributed by atoms with Crippen molar-refractivity contribution in [2.24, 2.45) is 0 Å². The Kier molecular flexibility index (Phi) is 9960. The molecule has 0 saturated carbocycles. The molecule has 0 saturated heterocycles. The fraction of sp³-hybridized carbons (Fsp3) is 0. The van der Waals surface area contributed by atoms with Crippen LogP contribution >= 0.6 is 0 Å². The Labute approximate surface area is 82.8 Å². The van der Waals surface area contributed by atoms with Crippen LogP contribution in [0.2, 0.25) is 0 Å². The van der Waals surface area contributed by atoms with Gasteiger partial charge in [0.05, 0.1) is 0 Å². The molecule has 1 radical (unpaired) electrons. The number of halogens is 3. The fourth-order valence-electron chi connectivity index (χ4n) is 0. The predicted octanol–water partition coefficient (Wildman–Crippen LogP) is -8.34. The summed E-state index contributed by atoms with van der Waals surface area (Å²) in [4.78, 5) is 0. The molecule has 0 atom stereocenters. The van der Waals surface area contributed by atoms with Gasteiger partial charge in [-0.05, 0) is 0 Å². The molecule has 8 heavy (non-hydrogen) atoms. The second-order valence-corrected chi connectivity index (χ2v) is 0. The van der Waals surface area contributed by atoms with E-state index in [2.05, 4.69) is 0 Å². The summed E-state index contributed by atoms with van der Waals surface area (Å²) in [7, 11) is 0. The quantitative estimate of drug-likeness (QED) is 0.337. The first-order chi connectivity index (χ1) is 0. The minimum absolute atomic E-state index is 0. The minimum atomic E-state index is 0. The SMILES string of the molecule is N.N.N.N.[Cl-].[Cl-].[Cl-].[Pt+3]. The van der Waals surface area contributed by atoms with Gasteiger partial charge in [-0.2, -0.15) is 0 Å². The smallest absolute Gasteiger partial charge is 1.00 e. The summed E-state index contributed by atoms with van der Waals surface area (Å²) in [5.41, 5.74) is 0. The van der Waals surface area contributed by atoms with Crippen molar-refractivity contribution in [3.8, 4) is 0 Å². The zero-order valence-electron chi connectivity index (χ0n) is 4.28. The van der Waals surface area contributed by atoms with Crippen molar-refractivity contribution in [1.29, 1.82) is 0 Å². The maximum Gasteiger partial charge on any atom is 3.00 e. The number of hydrogen-bond acceptors (Lipinski definition) is 4. The summed E-state index contributed by atoms with van der Waals surface area (Å²) in [6, 6.07) is 0. The molecule has 4 nitrogen and oxygen atoms in total. The molecule has 0 unspecified atom stereocenters. The van der Waals surface area contributed by atoms with Gasteiger partial charge in [0, 0.05) is 0 Å². The fourth-order valence-corrected chi connectivity index (χ4v) is 0. The van der Waals surface area contributed by atoms with E-state index in [1.807, 2.05) is 0 Å². The van der Waals surface area contributed by atoms with E-state index in [0.717, 1.165) is 0 Å². The van der Waals surface area contributed by atoms with E-state index in [1.54, 1.807) is 0 Å². The zero-order valence-corrected chi connectivity index (χ0v) is 8.82. The van der Waals surface area contributed by atoms with Crippen LogP contribution in [-0.4, -0.2) is 0 Å². The van der Waals surface area contributed by atoms with Crippen molar-refractivity contribution in [3.05, 3.63) is 0 Å². The molecular weight excluding hydrogens is 357 g/mol. The van der Waals surface area contributed by atoms with Crippen LogP contribution in [0, 0.1) is 0 Å². The molecule has 0 aliphatic carbocycles. The topological polar surface area (TPSA) is 140 Å². The van der Waals surface area contributed by atoms with Crippen LogP contribution in [0.15, 0.2) is 0 Å². The molecular formula is H12Cl3N4Pt. The molecule has 0 aliphatic heterocycles. The normalized spacial score (nSPS) is 0. The van der Waals surface area contributed by atoms with Crippen molar-refractivity contribution in [3.63, 3.8) is 0 Å². The van der Waals surface area contributed by atoms with Gasteiger partial charge >= 0.3 is 21.1 Å². The maximum absolute atomic E-state index is 0. The molecule has 0 aliphatic rings. The standard InChI is InChI=1S/3ClH.4H3N.Pt/h3*1H;4*1H3;/q;;;;;;;+3/p-3. The van der Waals surface area contributed by atoms with E-state index in [4.69, 9.17) is 0 Å². The van der Waals surface area contributed by atoms with E-state index in [0.29, 0.717) is 0 Å². The van der Waals surface area contributed by atoms with Crippen molar-refractivity contribution in [2.75, 3.05) is 0 Å². The van der Waals surface area contributed by atoms with Gasteiger partial charge in [-0.15, -0.1) is 0 Å². The summed E-state index contributed by atoms with van der Waals surface area (Å²) in [5.74, 6) is 0. The van der Waals surface area contributed by atoms with Crippen LogP contribution in [0.1, 0.15) is 0 Å². The third-order valence-corrected chi connectivity index (χ3v) is 0. The Bertz CT molecular complexity index is 11.2. The van der Waals surface area contributed by atoms with Crippen molar-refractivity contribution in [1.82, 2.24) is 24.6 Å². The first kappa shape index (κ1) is 339. The Morgan fingerprint density at radius 3 is 0.375 bits per heavy atom. The van der Waals surface area contributed by atoms with E-state index in [-0.39, 0.29) is 82.9 Å². The van der Waals surface area contributed by atoms with Crippen molar-refractivity contribution in [2.45, 2.75) is 0 Å².